The highest BCUT2D eigenvalue weighted by atomic mass is 32.2. The Morgan fingerprint density at radius 2 is 1.12 bits per heavy atom. The van der Waals surface area contributed by atoms with E-state index in [-0.39, 0.29) is 4.90 Å². The van der Waals surface area contributed by atoms with E-state index in [1.165, 1.54) is 29.3 Å². The number of hydrogen-bond acceptors (Lipinski definition) is 2. The highest BCUT2D eigenvalue weighted by molar-refractivity contribution is 7.85. The lowest BCUT2D eigenvalue weighted by atomic mass is 10.1. The Morgan fingerprint density at radius 1 is 0.708 bits per heavy atom. The minimum Gasteiger partial charge on any atom is -0.282 e. The zero-order valence-electron chi connectivity index (χ0n) is 13.0. The van der Waals surface area contributed by atoms with Crippen molar-refractivity contribution in [3.05, 3.63) is 97.1 Å². The van der Waals surface area contributed by atoms with Crippen LogP contribution in [0.3, 0.4) is 0 Å². The van der Waals surface area contributed by atoms with Gasteiger partial charge in [-0.1, -0.05) is 91.5 Å². The van der Waals surface area contributed by atoms with Gasteiger partial charge in [0, 0.05) is 0 Å². The third kappa shape index (κ3) is 4.91. The van der Waals surface area contributed by atoms with E-state index in [0.29, 0.717) is 5.56 Å². The average Bonchev–Trinajstić information content (AvgIpc) is 2.63. The summed E-state index contributed by atoms with van der Waals surface area (Å²) in [5, 5.41) is 0. The van der Waals surface area contributed by atoms with Gasteiger partial charge in [-0.2, -0.15) is 8.42 Å². The summed E-state index contributed by atoms with van der Waals surface area (Å²) in [4.78, 5) is -0.111. The molecular formula is C20H18O3S. The summed E-state index contributed by atoms with van der Waals surface area (Å²) in [7, 11) is -4.12. The molecule has 4 heteroatoms. The van der Waals surface area contributed by atoms with Crippen molar-refractivity contribution >= 4 is 16.2 Å². The van der Waals surface area contributed by atoms with Crippen molar-refractivity contribution < 1.29 is 13.0 Å². The van der Waals surface area contributed by atoms with Crippen molar-refractivity contribution in [2.24, 2.45) is 0 Å². The predicted molar refractivity (Wildman–Crippen MR) is 98.2 cm³/mol. The summed E-state index contributed by atoms with van der Waals surface area (Å²) in [5.74, 6) is 0. The van der Waals surface area contributed by atoms with Crippen LogP contribution in [-0.2, 0) is 10.1 Å². The van der Waals surface area contributed by atoms with Gasteiger partial charge in [0.25, 0.3) is 10.1 Å². The molecule has 3 aromatic carbocycles. The van der Waals surface area contributed by atoms with Gasteiger partial charge in [-0.25, -0.2) is 0 Å². The van der Waals surface area contributed by atoms with Crippen LogP contribution in [0, 0.1) is 0 Å². The van der Waals surface area contributed by atoms with Crippen LogP contribution in [0.2, 0.25) is 0 Å². The molecule has 0 aromatic heterocycles. The zero-order chi connectivity index (χ0) is 17.4. The lowest BCUT2D eigenvalue weighted by Crippen LogP contribution is -1.99. The van der Waals surface area contributed by atoms with Crippen molar-refractivity contribution in [2.75, 3.05) is 0 Å². The normalized spacial score (nSPS) is 10.4. The fraction of sp³-hybridized carbons (Fsp3) is 0. The summed E-state index contributed by atoms with van der Waals surface area (Å²) in [6.45, 7) is 3.43. The molecule has 3 aromatic rings. The molecule has 3 rings (SSSR count). The lowest BCUT2D eigenvalue weighted by Gasteiger charge is -2.00. The van der Waals surface area contributed by atoms with Crippen LogP contribution in [0.25, 0.3) is 17.2 Å². The quantitative estimate of drug-likeness (QED) is 0.689. The molecule has 0 fully saturated rings. The first-order valence-corrected chi connectivity index (χ1v) is 8.76. The van der Waals surface area contributed by atoms with E-state index in [0.717, 1.165) is 0 Å². The van der Waals surface area contributed by atoms with E-state index in [2.05, 4.69) is 55.1 Å². The molecule has 0 spiro atoms. The van der Waals surface area contributed by atoms with Crippen molar-refractivity contribution in [3.63, 3.8) is 0 Å². The van der Waals surface area contributed by atoms with E-state index in [1.54, 1.807) is 12.1 Å². The fourth-order valence-corrected chi connectivity index (χ4v) is 2.85. The maximum Gasteiger partial charge on any atom is 0.295 e. The van der Waals surface area contributed by atoms with Gasteiger partial charge in [-0.05, 0) is 22.8 Å². The fourth-order valence-electron chi connectivity index (χ4n) is 2.15. The maximum atomic E-state index is 10.7. The minimum atomic E-state index is -4.12. The Hall–Kier alpha value is -2.69. The van der Waals surface area contributed by atoms with E-state index >= 15 is 0 Å². The first-order chi connectivity index (χ1) is 11.5. The Balaban J connectivity index is 0.000000174. The lowest BCUT2D eigenvalue weighted by molar-refractivity contribution is 0.483. The van der Waals surface area contributed by atoms with Crippen molar-refractivity contribution in [1.29, 1.82) is 0 Å². The van der Waals surface area contributed by atoms with Crippen molar-refractivity contribution in [3.8, 4) is 11.1 Å². The molecule has 0 aliphatic rings. The van der Waals surface area contributed by atoms with E-state index < -0.39 is 10.1 Å². The van der Waals surface area contributed by atoms with Gasteiger partial charge >= 0.3 is 0 Å². The molecule has 0 unspecified atom stereocenters. The van der Waals surface area contributed by atoms with E-state index in [9.17, 15) is 8.42 Å². The SMILES string of the molecule is C=Cc1ccccc1S(=O)(=O)O.c1ccc(-c2ccccc2)cc1. The third-order valence-electron chi connectivity index (χ3n) is 3.30. The predicted octanol–water partition coefficient (Wildman–Crippen LogP) is 4.93. The standard InChI is InChI=1S/C12H10.C8H8O3S/c1-3-7-11(8-4-1)12-9-5-2-6-10-12;1-2-7-5-3-4-6-8(7)12(9,10)11/h1-10H;2-6H,1H2,(H,9,10,11). The van der Waals surface area contributed by atoms with Gasteiger partial charge in [-0.3, -0.25) is 4.55 Å². The molecule has 0 saturated carbocycles. The molecule has 24 heavy (non-hydrogen) atoms. The molecule has 3 nitrogen and oxygen atoms in total. The highest BCUT2D eigenvalue weighted by Gasteiger charge is 2.11. The maximum absolute atomic E-state index is 10.7. The second-order valence-corrected chi connectivity index (χ2v) is 6.34. The summed E-state index contributed by atoms with van der Waals surface area (Å²) < 4.78 is 30.2. The monoisotopic (exact) mass is 338 g/mol. The van der Waals surface area contributed by atoms with Crippen molar-refractivity contribution in [1.82, 2.24) is 0 Å². The molecule has 0 amide bonds. The molecule has 0 aliphatic carbocycles. The zero-order valence-corrected chi connectivity index (χ0v) is 13.9. The topological polar surface area (TPSA) is 54.4 Å². The van der Waals surface area contributed by atoms with Crippen LogP contribution in [0.15, 0.2) is 96.4 Å². The number of rotatable bonds is 3. The summed E-state index contributed by atoms with van der Waals surface area (Å²) in [6, 6.07) is 26.9. The van der Waals surface area contributed by atoms with Gasteiger partial charge < -0.3 is 0 Å². The Morgan fingerprint density at radius 3 is 1.50 bits per heavy atom. The van der Waals surface area contributed by atoms with Gasteiger partial charge in [0.2, 0.25) is 0 Å². The second kappa shape index (κ2) is 8.24. The highest BCUT2D eigenvalue weighted by Crippen LogP contribution is 2.17. The van der Waals surface area contributed by atoms with Crippen LogP contribution in [0.5, 0.6) is 0 Å². The van der Waals surface area contributed by atoms with E-state index in [1.807, 2.05) is 12.1 Å². The molecule has 0 heterocycles. The molecule has 0 saturated heterocycles. The van der Waals surface area contributed by atoms with Crippen LogP contribution in [-0.4, -0.2) is 13.0 Å². The van der Waals surface area contributed by atoms with Gasteiger partial charge in [0.1, 0.15) is 4.90 Å². The van der Waals surface area contributed by atoms with Crippen LogP contribution in [0.1, 0.15) is 5.56 Å². The van der Waals surface area contributed by atoms with Crippen LogP contribution >= 0.6 is 0 Å². The van der Waals surface area contributed by atoms with Crippen LogP contribution in [0.4, 0.5) is 0 Å². The largest absolute Gasteiger partial charge is 0.295 e. The Labute approximate surface area is 142 Å². The Bertz CT molecular complexity index is 849. The van der Waals surface area contributed by atoms with Crippen LogP contribution < -0.4 is 0 Å². The van der Waals surface area contributed by atoms with Crippen molar-refractivity contribution in [2.45, 2.75) is 4.90 Å². The second-order valence-electron chi connectivity index (χ2n) is 4.95. The average molecular weight is 338 g/mol. The van der Waals surface area contributed by atoms with Gasteiger partial charge in [0.15, 0.2) is 0 Å². The number of benzene rings is 3. The summed E-state index contributed by atoms with van der Waals surface area (Å²) in [6.07, 6.45) is 1.38. The van der Waals surface area contributed by atoms with E-state index in [4.69, 9.17) is 4.55 Å². The molecule has 1 N–H and O–H groups in total. The molecule has 0 radical (unpaired) electrons. The molecule has 122 valence electrons. The summed E-state index contributed by atoms with van der Waals surface area (Å²) in [5.41, 5.74) is 2.95. The molecule has 0 aliphatic heterocycles. The minimum absolute atomic E-state index is 0.111. The molecule has 0 bridgehead atoms. The first-order valence-electron chi connectivity index (χ1n) is 7.32. The molecule has 0 atom stereocenters. The first kappa shape index (κ1) is 17.7. The molecular weight excluding hydrogens is 320 g/mol. The van der Waals surface area contributed by atoms with Gasteiger partial charge in [0.05, 0.1) is 0 Å². The van der Waals surface area contributed by atoms with Gasteiger partial charge in [-0.15, -0.1) is 0 Å². The third-order valence-corrected chi connectivity index (χ3v) is 4.23. The Kier molecular flexibility index (Phi) is 6.07. The smallest absolute Gasteiger partial charge is 0.282 e. The summed E-state index contributed by atoms with van der Waals surface area (Å²) >= 11 is 0. The number of hydrogen-bond donors (Lipinski definition) is 1.